The Bertz CT molecular complexity index is 881. The maximum absolute atomic E-state index is 6.89. The molecule has 1 heterocycles. The summed E-state index contributed by atoms with van der Waals surface area (Å²) in [4.78, 5) is 0. The highest BCUT2D eigenvalue weighted by molar-refractivity contribution is 6.92. The van der Waals surface area contributed by atoms with Gasteiger partial charge in [-0.2, -0.15) is 0 Å². The quantitative estimate of drug-likeness (QED) is 0.398. The van der Waals surface area contributed by atoms with Gasteiger partial charge >= 0.3 is 7.12 Å². The Labute approximate surface area is 205 Å². The SMILES string of the molecule is C=C(B1O[C@H]2C[C@H]3C[C@H](C3(C)C)[C@@]2(C)O1)[C@H]([C@@H](CC)O[Si](C)(C)C)[Si](C)(C)c1ccccc1. The molecule has 3 saturated carbocycles. The molecule has 0 N–H and O–H groups in total. The van der Waals surface area contributed by atoms with Crippen molar-refractivity contribution in [1.29, 1.82) is 0 Å². The van der Waals surface area contributed by atoms with E-state index >= 15 is 0 Å². The Balaban J connectivity index is 1.67. The van der Waals surface area contributed by atoms with Gasteiger partial charge in [0.25, 0.3) is 0 Å². The lowest BCUT2D eigenvalue weighted by Crippen LogP contribution is -2.65. The van der Waals surface area contributed by atoms with Gasteiger partial charge in [0.15, 0.2) is 8.32 Å². The topological polar surface area (TPSA) is 27.7 Å². The molecule has 6 atom stereocenters. The first-order chi connectivity index (χ1) is 15.2. The van der Waals surface area contributed by atoms with Gasteiger partial charge in [-0.05, 0) is 68.6 Å². The summed E-state index contributed by atoms with van der Waals surface area (Å²) in [5.74, 6) is 1.31. The first-order valence-electron chi connectivity index (χ1n) is 13.0. The molecule has 0 radical (unpaired) electrons. The Morgan fingerprint density at radius 3 is 2.30 bits per heavy atom. The van der Waals surface area contributed by atoms with Crippen molar-refractivity contribution in [2.45, 2.75) is 103 Å². The molecular weight excluding hydrogens is 439 g/mol. The molecule has 0 spiro atoms. The molecule has 182 valence electrons. The van der Waals surface area contributed by atoms with Crippen LogP contribution in [0.2, 0.25) is 38.3 Å². The molecule has 5 rings (SSSR count). The van der Waals surface area contributed by atoms with Crippen LogP contribution in [0.3, 0.4) is 0 Å². The fourth-order valence-corrected chi connectivity index (χ4v) is 12.3. The summed E-state index contributed by atoms with van der Waals surface area (Å²) < 4.78 is 20.5. The lowest BCUT2D eigenvalue weighted by molar-refractivity contribution is -0.199. The number of benzene rings is 1. The van der Waals surface area contributed by atoms with Crippen molar-refractivity contribution < 1.29 is 13.7 Å². The van der Waals surface area contributed by atoms with Crippen LogP contribution in [0, 0.1) is 17.3 Å². The monoisotopic (exact) mass is 484 g/mol. The number of hydrogen-bond acceptors (Lipinski definition) is 3. The summed E-state index contributed by atoms with van der Waals surface area (Å²) in [7, 11) is -4.07. The molecule has 6 heteroatoms. The van der Waals surface area contributed by atoms with E-state index in [2.05, 4.69) is 90.8 Å². The zero-order valence-electron chi connectivity index (χ0n) is 22.4. The number of hydrogen-bond donors (Lipinski definition) is 0. The molecule has 2 bridgehead atoms. The van der Waals surface area contributed by atoms with Crippen molar-refractivity contribution in [3.63, 3.8) is 0 Å². The van der Waals surface area contributed by atoms with Crippen LogP contribution >= 0.6 is 0 Å². The average molecular weight is 485 g/mol. The van der Waals surface area contributed by atoms with E-state index in [0.717, 1.165) is 24.2 Å². The van der Waals surface area contributed by atoms with Gasteiger partial charge in [0.1, 0.15) is 0 Å². The second-order valence-electron chi connectivity index (χ2n) is 13.1. The predicted molar refractivity (Wildman–Crippen MR) is 145 cm³/mol. The third kappa shape index (κ3) is 4.29. The maximum atomic E-state index is 6.89. The van der Waals surface area contributed by atoms with Crippen LogP contribution < -0.4 is 5.19 Å². The molecular formula is C27H45BO3Si2. The van der Waals surface area contributed by atoms with E-state index in [1.165, 1.54) is 11.6 Å². The van der Waals surface area contributed by atoms with Gasteiger partial charge in [0.05, 0.1) is 19.8 Å². The van der Waals surface area contributed by atoms with Gasteiger partial charge in [-0.25, -0.2) is 0 Å². The average Bonchev–Trinajstić information content (AvgIpc) is 3.09. The maximum Gasteiger partial charge on any atom is 0.489 e. The highest BCUT2D eigenvalue weighted by Crippen LogP contribution is 2.66. The Kier molecular flexibility index (Phi) is 6.53. The zero-order valence-corrected chi connectivity index (χ0v) is 24.4. The number of rotatable bonds is 8. The van der Waals surface area contributed by atoms with Crippen LogP contribution in [0.4, 0.5) is 0 Å². The Hall–Kier alpha value is -0.661. The standard InChI is InChI=1S/C27H45BO3Si2/c1-11-22(30-32(6,7)8)25(33(9,10)21-15-13-12-14-16-21)19(2)28-29-24-18-20-17-23(26(20,3)4)27(24,5)31-28/h12-16,20,22-25H,2,11,17-18H2,1,3-10H3/t20-,22-,23-,24+,25-,27-/m1/s1. The normalized spacial score (nSPS) is 32.6. The summed E-state index contributed by atoms with van der Waals surface area (Å²) in [6, 6.07) is 11.0. The molecule has 1 saturated heterocycles. The molecule has 3 nitrogen and oxygen atoms in total. The highest BCUT2D eigenvalue weighted by atomic mass is 28.4. The molecule has 0 unspecified atom stereocenters. The van der Waals surface area contributed by atoms with Crippen molar-refractivity contribution >= 4 is 28.7 Å². The van der Waals surface area contributed by atoms with E-state index < -0.39 is 16.4 Å². The minimum Gasteiger partial charge on any atom is -0.414 e. The molecule has 4 aliphatic rings. The first-order valence-corrected chi connectivity index (χ1v) is 19.5. The van der Waals surface area contributed by atoms with Gasteiger partial charge in [-0.15, -0.1) is 6.58 Å². The van der Waals surface area contributed by atoms with Crippen molar-refractivity contribution in [2.24, 2.45) is 17.3 Å². The zero-order chi connectivity index (χ0) is 24.4. The van der Waals surface area contributed by atoms with E-state index in [1.54, 1.807) is 0 Å². The smallest absolute Gasteiger partial charge is 0.414 e. The predicted octanol–water partition coefficient (Wildman–Crippen LogP) is 6.43. The van der Waals surface area contributed by atoms with E-state index in [0.29, 0.717) is 11.3 Å². The largest absolute Gasteiger partial charge is 0.489 e. The fourth-order valence-electron chi connectivity index (χ4n) is 7.23. The molecule has 1 aromatic carbocycles. The van der Waals surface area contributed by atoms with Crippen molar-refractivity contribution in [1.82, 2.24) is 0 Å². The summed E-state index contributed by atoms with van der Waals surface area (Å²) in [5, 5.41) is 1.44. The second kappa shape index (κ2) is 8.48. The lowest BCUT2D eigenvalue weighted by Gasteiger charge is -2.64. The molecule has 0 aromatic heterocycles. The molecule has 33 heavy (non-hydrogen) atoms. The van der Waals surface area contributed by atoms with Crippen molar-refractivity contribution in [3.8, 4) is 0 Å². The third-order valence-electron chi connectivity index (χ3n) is 9.23. The van der Waals surface area contributed by atoms with Crippen LogP contribution in [0.1, 0.15) is 47.0 Å². The second-order valence-corrected chi connectivity index (χ2v) is 22.2. The minimum absolute atomic E-state index is 0.138. The summed E-state index contributed by atoms with van der Waals surface area (Å²) >= 11 is 0. The molecule has 4 fully saturated rings. The van der Waals surface area contributed by atoms with Gasteiger partial charge in [0, 0.05) is 11.6 Å². The van der Waals surface area contributed by atoms with E-state index in [9.17, 15) is 0 Å². The van der Waals surface area contributed by atoms with Gasteiger partial charge in [-0.1, -0.05) is 69.4 Å². The van der Waals surface area contributed by atoms with Crippen molar-refractivity contribution in [2.75, 3.05) is 0 Å². The van der Waals surface area contributed by atoms with Gasteiger partial charge in [-0.3, -0.25) is 0 Å². The van der Waals surface area contributed by atoms with Crippen LogP contribution in [0.5, 0.6) is 0 Å². The van der Waals surface area contributed by atoms with Crippen LogP contribution in [0.25, 0.3) is 0 Å². The van der Waals surface area contributed by atoms with Crippen LogP contribution in [0.15, 0.2) is 42.4 Å². The summed E-state index contributed by atoms with van der Waals surface area (Å²) in [6.45, 7) is 25.9. The molecule has 3 aliphatic carbocycles. The third-order valence-corrected chi connectivity index (χ3v) is 14.4. The van der Waals surface area contributed by atoms with Crippen molar-refractivity contribution in [3.05, 3.63) is 42.4 Å². The summed E-state index contributed by atoms with van der Waals surface area (Å²) in [6.07, 6.45) is 3.67. The van der Waals surface area contributed by atoms with E-state index in [1.807, 2.05) is 0 Å². The van der Waals surface area contributed by atoms with E-state index in [4.69, 9.17) is 20.3 Å². The molecule has 0 amide bonds. The minimum atomic E-state index is -1.99. The van der Waals surface area contributed by atoms with Gasteiger partial charge in [0.2, 0.25) is 0 Å². The highest BCUT2D eigenvalue weighted by Gasteiger charge is 2.68. The van der Waals surface area contributed by atoms with Crippen LogP contribution in [-0.4, -0.2) is 41.3 Å². The summed E-state index contributed by atoms with van der Waals surface area (Å²) in [5.41, 5.74) is 1.46. The molecule has 1 aromatic rings. The Morgan fingerprint density at radius 2 is 1.76 bits per heavy atom. The Morgan fingerprint density at radius 1 is 1.12 bits per heavy atom. The fraction of sp³-hybridized carbons (Fsp3) is 0.704. The first kappa shape index (κ1) is 25.4. The lowest BCUT2D eigenvalue weighted by atomic mass is 9.43. The molecule has 1 aliphatic heterocycles. The van der Waals surface area contributed by atoms with Gasteiger partial charge < -0.3 is 13.7 Å². The van der Waals surface area contributed by atoms with Crippen LogP contribution in [-0.2, 0) is 13.7 Å². The van der Waals surface area contributed by atoms with E-state index in [-0.39, 0.29) is 30.5 Å².